The molecule has 1 atom stereocenters. The number of nitrogens with one attached hydrogen (secondary N) is 1. The lowest BCUT2D eigenvalue weighted by atomic mass is 9.87. The summed E-state index contributed by atoms with van der Waals surface area (Å²) in [6, 6.07) is 2.30. The Morgan fingerprint density at radius 2 is 1.94 bits per heavy atom. The second kappa shape index (κ2) is 5.27. The lowest BCUT2D eigenvalue weighted by Gasteiger charge is -2.34. The fraction of sp³-hybridized carbons (Fsp3) is 0.667. The van der Waals surface area contributed by atoms with E-state index in [0.717, 1.165) is 17.0 Å². The van der Waals surface area contributed by atoms with Crippen molar-refractivity contribution in [2.45, 2.75) is 47.6 Å². The van der Waals surface area contributed by atoms with Gasteiger partial charge >= 0.3 is 0 Å². The van der Waals surface area contributed by atoms with E-state index in [1.54, 1.807) is 0 Å². The summed E-state index contributed by atoms with van der Waals surface area (Å²) in [5.41, 5.74) is 3.01. The Hall–Kier alpha value is -1.09. The van der Waals surface area contributed by atoms with E-state index in [-0.39, 0.29) is 11.2 Å². The van der Waals surface area contributed by atoms with Crippen LogP contribution >= 0.6 is 0 Å². The van der Waals surface area contributed by atoms with E-state index in [4.69, 9.17) is 0 Å². The highest BCUT2D eigenvalue weighted by Crippen LogP contribution is 2.23. The quantitative estimate of drug-likeness (QED) is 0.833. The van der Waals surface area contributed by atoms with Gasteiger partial charge in [-0.05, 0) is 39.3 Å². The molecule has 3 nitrogen and oxygen atoms in total. The fourth-order valence-corrected chi connectivity index (χ4v) is 2.12. The minimum absolute atomic E-state index is 0.179. The standard InChI is InChI=1S/C15H26N2O/c1-10-8-13(11(2)16-10)14(18)9-17(7)12(3)15(4,5)6/h8,12,16H,9H2,1-7H3. The van der Waals surface area contributed by atoms with E-state index in [9.17, 15) is 4.79 Å². The van der Waals surface area contributed by atoms with Gasteiger partial charge in [0.15, 0.2) is 5.78 Å². The summed E-state index contributed by atoms with van der Waals surface area (Å²) in [5, 5.41) is 0. The van der Waals surface area contributed by atoms with Gasteiger partial charge in [0.1, 0.15) is 0 Å². The molecule has 1 unspecified atom stereocenters. The highest BCUT2D eigenvalue weighted by Gasteiger charge is 2.25. The van der Waals surface area contributed by atoms with Crippen LogP contribution in [0, 0.1) is 19.3 Å². The Balaban J connectivity index is 2.74. The summed E-state index contributed by atoms with van der Waals surface area (Å²) in [5.74, 6) is 0.190. The van der Waals surface area contributed by atoms with Crippen molar-refractivity contribution < 1.29 is 4.79 Å². The number of Topliss-reactive ketones (excluding diaryl/α,β-unsaturated/α-hetero) is 1. The topological polar surface area (TPSA) is 36.1 Å². The molecule has 0 aliphatic rings. The molecule has 102 valence electrons. The Labute approximate surface area is 111 Å². The molecule has 1 aromatic rings. The van der Waals surface area contributed by atoms with Gasteiger partial charge in [0.2, 0.25) is 0 Å². The molecular formula is C15H26N2O. The molecule has 3 heteroatoms. The molecule has 0 aliphatic heterocycles. The molecule has 1 N–H and O–H groups in total. The van der Waals surface area contributed by atoms with Crippen LogP contribution in [0.5, 0.6) is 0 Å². The third-order valence-corrected chi connectivity index (χ3v) is 3.76. The van der Waals surface area contributed by atoms with Crippen molar-refractivity contribution in [1.82, 2.24) is 9.88 Å². The van der Waals surface area contributed by atoms with Crippen molar-refractivity contribution >= 4 is 5.78 Å². The summed E-state index contributed by atoms with van der Waals surface area (Å²) in [7, 11) is 2.02. The van der Waals surface area contributed by atoms with Crippen molar-refractivity contribution in [1.29, 1.82) is 0 Å². The summed E-state index contributed by atoms with van der Waals surface area (Å²) in [6.07, 6.45) is 0. The smallest absolute Gasteiger partial charge is 0.178 e. The van der Waals surface area contributed by atoms with Gasteiger partial charge in [0, 0.05) is 23.0 Å². The number of rotatable bonds is 4. The van der Waals surface area contributed by atoms with Crippen molar-refractivity contribution in [2.24, 2.45) is 5.41 Å². The number of likely N-dealkylation sites (N-methyl/N-ethyl adjacent to an activating group) is 1. The average molecular weight is 250 g/mol. The molecule has 0 bridgehead atoms. The van der Waals surface area contributed by atoms with E-state index in [0.29, 0.717) is 12.6 Å². The van der Waals surface area contributed by atoms with Crippen LogP contribution in [0.3, 0.4) is 0 Å². The number of hydrogen-bond acceptors (Lipinski definition) is 2. The molecule has 1 heterocycles. The van der Waals surface area contributed by atoms with Gasteiger partial charge in [0.05, 0.1) is 6.54 Å². The number of carbonyl (C=O) groups is 1. The Morgan fingerprint density at radius 3 is 2.33 bits per heavy atom. The third kappa shape index (κ3) is 3.45. The first-order valence-corrected chi connectivity index (χ1v) is 6.52. The summed E-state index contributed by atoms with van der Waals surface area (Å²) < 4.78 is 0. The van der Waals surface area contributed by atoms with Gasteiger partial charge in [-0.2, -0.15) is 0 Å². The second-order valence-corrected chi connectivity index (χ2v) is 6.37. The van der Waals surface area contributed by atoms with Crippen LogP contribution in [0.2, 0.25) is 0 Å². The first-order valence-electron chi connectivity index (χ1n) is 6.52. The summed E-state index contributed by atoms with van der Waals surface area (Å²) >= 11 is 0. The van der Waals surface area contributed by atoms with Crippen molar-refractivity contribution in [3.63, 3.8) is 0 Å². The molecule has 0 saturated carbocycles. The molecule has 0 amide bonds. The van der Waals surface area contributed by atoms with E-state index in [2.05, 4.69) is 37.6 Å². The molecule has 0 radical (unpaired) electrons. The zero-order chi connectivity index (χ0) is 14.1. The SMILES string of the molecule is Cc1cc(C(=O)CN(C)C(C)C(C)(C)C)c(C)[nH]1. The van der Waals surface area contributed by atoms with Crippen LogP contribution in [-0.4, -0.2) is 35.3 Å². The zero-order valence-electron chi connectivity index (χ0n) is 12.7. The van der Waals surface area contributed by atoms with Crippen LogP contribution in [0.1, 0.15) is 49.4 Å². The minimum Gasteiger partial charge on any atom is -0.362 e. The molecule has 1 rings (SSSR count). The maximum absolute atomic E-state index is 12.3. The minimum atomic E-state index is 0.179. The first kappa shape index (κ1) is 15.0. The van der Waals surface area contributed by atoms with Crippen molar-refractivity contribution in [3.05, 3.63) is 23.0 Å². The monoisotopic (exact) mass is 250 g/mol. The molecule has 1 aromatic heterocycles. The lowest BCUT2D eigenvalue weighted by Crippen LogP contribution is -2.42. The summed E-state index contributed by atoms with van der Waals surface area (Å²) in [4.78, 5) is 17.6. The number of aromatic nitrogens is 1. The molecule has 0 spiro atoms. The Kier molecular flexibility index (Phi) is 4.38. The molecule has 18 heavy (non-hydrogen) atoms. The third-order valence-electron chi connectivity index (χ3n) is 3.76. The number of aromatic amines is 1. The molecule has 0 aromatic carbocycles. The summed E-state index contributed by atoms with van der Waals surface area (Å²) in [6.45, 7) is 13.2. The maximum atomic E-state index is 12.3. The number of aryl methyl sites for hydroxylation is 2. The number of H-pyrrole nitrogens is 1. The van der Waals surface area contributed by atoms with E-state index >= 15 is 0 Å². The van der Waals surface area contributed by atoms with Gasteiger partial charge in [-0.3, -0.25) is 9.69 Å². The van der Waals surface area contributed by atoms with Crippen molar-refractivity contribution in [3.8, 4) is 0 Å². The Morgan fingerprint density at radius 1 is 1.39 bits per heavy atom. The van der Waals surface area contributed by atoms with Crippen LogP contribution in [0.15, 0.2) is 6.07 Å². The number of nitrogens with zero attached hydrogens (tertiary/aromatic N) is 1. The zero-order valence-corrected chi connectivity index (χ0v) is 12.7. The van der Waals surface area contributed by atoms with Crippen LogP contribution < -0.4 is 0 Å². The number of carbonyl (C=O) groups excluding carboxylic acids is 1. The van der Waals surface area contributed by atoms with Crippen LogP contribution in [0.4, 0.5) is 0 Å². The molecule has 0 fully saturated rings. The molecule has 0 saturated heterocycles. The van der Waals surface area contributed by atoms with E-state index in [1.165, 1.54) is 0 Å². The first-order chi connectivity index (χ1) is 8.12. The molecular weight excluding hydrogens is 224 g/mol. The number of ketones is 1. The average Bonchev–Trinajstić information content (AvgIpc) is 2.55. The maximum Gasteiger partial charge on any atom is 0.178 e. The predicted molar refractivity (Wildman–Crippen MR) is 76.1 cm³/mol. The van der Waals surface area contributed by atoms with Crippen molar-refractivity contribution in [2.75, 3.05) is 13.6 Å². The normalized spacial score (nSPS) is 14.0. The fourth-order valence-electron chi connectivity index (χ4n) is 2.12. The van der Waals surface area contributed by atoms with Gasteiger partial charge < -0.3 is 4.98 Å². The Bertz CT molecular complexity index is 426. The van der Waals surface area contributed by atoms with Crippen LogP contribution in [-0.2, 0) is 0 Å². The van der Waals surface area contributed by atoms with Gasteiger partial charge in [0.25, 0.3) is 0 Å². The van der Waals surface area contributed by atoms with E-state index in [1.807, 2.05) is 27.0 Å². The lowest BCUT2D eigenvalue weighted by molar-refractivity contribution is 0.0853. The van der Waals surface area contributed by atoms with Gasteiger partial charge in [-0.25, -0.2) is 0 Å². The highest BCUT2D eigenvalue weighted by atomic mass is 16.1. The number of hydrogen-bond donors (Lipinski definition) is 1. The largest absolute Gasteiger partial charge is 0.362 e. The van der Waals surface area contributed by atoms with Gasteiger partial charge in [-0.15, -0.1) is 0 Å². The van der Waals surface area contributed by atoms with Crippen LogP contribution in [0.25, 0.3) is 0 Å². The molecule has 0 aliphatic carbocycles. The van der Waals surface area contributed by atoms with Gasteiger partial charge in [-0.1, -0.05) is 20.8 Å². The predicted octanol–water partition coefficient (Wildman–Crippen LogP) is 3.18. The van der Waals surface area contributed by atoms with E-state index < -0.39 is 0 Å². The highest BCUT2D eigenvalue weighted by molar-refractivity contribution is 5.98. The second-order valence-electron chi connectivity index (χ2n) is 6.37.